The summed E-state index contributed by atoms with van der Waals surface area (Å²) in [5, 5.41) is 34.6. The van der Waals surface area contributed by atoms with Gasteiger partial charge in [-0.15, -0.1) is 5.48 Å². The lowest BCUT2D eigenvalue weighted by Crippen LogP contribution is -2.56. The molecule has 1 aliphatic rings. The Balaban J connectivity index is 1.97. The van der Waals surface area contributed by atoms with Crippen LogP contribution in [0.15, 0.2) is 24.0 Å². The molecule has 0 spiro atoms. The van der Waals surface area contributed by atoms with Crippen LogP contribution in [0.1, 0.15) is 57.1 Å². The number of aromatic amines is 1. The largest absolute Gasteiger partial charge is 0.525 e. The molecule has 1 aromatic rings. The lowest BCUT2D eigenvalue weighted by atomic mass is 10.1. The minimum Gasteiger partial charge on any atom is -0.505 e. The second-order valence-corrected chi connectivity index (χ2v) is 12.5. The minimum absolute atomic E-state index is 0.0828. The molecule has 0 saturated heterocycles. The molecule has 5 atom stereocenters. The fraction of sp³-hybridized carbons (Fsp3) is 0.607. The molecule has 0 fully saturated rings. The van der Waals surface area contributed by atoms with Gasteiger partial charge in [0.15, 0.2) is 11.9 Å². The quantitative estimate of drug-likeness (QED) is 0.0157. The van der Waals surface area contributed by atoms with E-state index < -0.39 is 105 Å². The van der Waals surface area contributed by atoms with Gasteiger partial charge in [-0.2, -0.15) is 0 Å². The van der Waals surface area contributed by atoms with Crippen molar-refractivity contribution in [3.63, 3.8) is 0 Å². The number of nitrogens with zero attached hydrogens (tertiary/aromatic N) is 1. The second kappa shape index (κ2) is 21.7. The number of unbranched alkanes of at least 4 members (excludes halogenated alkanes) is 2. The highest BCUT2D eigenvalue weighted by atomic mass is 31.2. The number of carboxylic acids is 1. The van der Waals surface area contributed by atoms with Crippen molar-refractivity contribution in [1.29, 1.82) is 0 Å². The number of nitrogens with one attached hydrogen (secondary N) is 4. The maximum atomic E-state index is 13.4. The highest BCUT2D eigenvalue weighted by Gasteiger charge is 2.43. The number of phosphoric ester groups is 1. The number of phosphoric acid groups is 1. The maximum Gasteiger partial charge on any atom is 0.525 e. The number of ether oxygens (including phenoxy) is 2. The number of rotatable bonds is 25. The van der Waals surface area contributed by atoms with Gasteiger partial charge in [-0.1, -0.05) is 0 Å². The van der Waals surface area contributed by atoms with Crippen LogP contribution in [-0.2, 0) is 58.6 Å². The van der Waals surface area contributed by atoms with Crippen LogP contribution in [0.25, 0.3) is 0 Å². The summed E-state index contributed by atoms with van der Waals surface area (Å²) in [6.07, 6.45) is -0.241. The van der Waals surface area contributed by atoms with E-state index in [1.54, 1.807) is 0 Å². The molecular formula is C28H44N7O16P. The summed E-state index contributed by atoms with van der Waals surface area (Å²) in [4.78, 5) is 104. The van der Waals surface area contributed by atoms with Gasteiger partial charge in [0.25, 0.3) is 5.76 Å². The number of carbonyl (C=O) groups excluding carboxylic acids is 5. The average Bonchev–Trinajstić information content (AvgIpc) is 3.69. The van der Waals surface area contributed by atoms with Crippen LogP contribution in [0, 0.1) is 0 Å². The van der Waals surface area contributed by atoms with Crippen LogP contribution in [0.5, 0.6) is 0 Å². The molecule has 23 nitrogen and oxygen atoms in total. The summed E-state index contributed by atoms with van der Waals surface area (Å²) in [6.45, 7) is -0.252. The molecule has 52 heavy (non-hydrogen) atoms. The van der Waals surface area contributed by atoms with Gasteiger partial charge in [-0.25, -0.2) is 19.1 Å². The molecule has 0 saturated carbocycles. The molecule has 13 N–H and O–H groups in total. The number of aromatic nitrogens is 2. The van der Waals surface area contributed by atoms with Gasteiger partial charge in [0, 0.05) is 18.3 Å². The molecule has 2 rings (SSSR count). The first-order valence-electron chi connectivity index (χ1n) is 15.9. The van der Waals surface area contributed by atoms with E-state index in [4.69, 9.17) is 30.8 Å². The summed E-state index contributed by atoms with van der Waals surface area (Å²) in [5.74, 6) is -8.79. The Morgan fingerprint density at radius 2 is 1.56 bits per heavy atom. The maximum absolute atomic E-state index is 13.4. The fourth-order valence-electron chi connectivity index (χ4n) is 4.51. The highest BCUT2D eigenvalue weighted by Crippen LogP contribution is 2.42. The number of carboxylic acid groups (broad SMARTS) is 1. The Morgan fingerprint density at radius 1 is 0.962 bits per heavy atom. The van der Waals surface area contributed by atoms with Crippen LogP contribution in [0.3, 0.4) is 0 Å². The summed E-state index contributed by atoms with van der Waals surface area (Å²) in [6, 6.07) is -3.75. The molecule has 0 radical (unpaired) electrons. The standard InChI is InChI=1S/C28H44N7O16P/c29-9-3-1-5-16(25(40)34-18(11-15-12-31-14-32-15)26(41)33-17(27(42)43)6-2-4-10-30)35-50-21(38)8-7-20(37)48-13-19(36)23-22(39)24(28(44)49-23)51-52(45,46)47/h12,14,16-19,23,35-36,39H,1-11,13,29-30H2,(H,31,32)(H,33,41)(H,34,40)(H,42,43)(H2,45,46,47). The van der Waals surface area contributed by atoms with Crippen LogP contribution < -0.4 is 27.6 Å². The van der Waals surface area contributed by atoms with E-state index in [9.17, 15) is 48.7 Å². The average molecular weight is 766 g/mol. The van der Waals surface area contributed by atoms with Crippen molar-refractivity contribution in [3.05, 3.63) is 29.7 Å². The zero-order valence-corrected chi connectivity index (χ0v) is 28.7. The number of imidazole rings is 1. The monoisotopic (exact) mass is 765 g/mol. The number of aliphatic carboxylic acids is 1. The molecule has 1 aliphatic heterocycles. The van der Waals surface area contributed by atoms with E-state index in [0.717, 1.165) is 0 Å². The van der Waals surface area contributed by atoms with Crippen molar-refractivity contribution in [2.45, 2.75) is 88.1 Å². The predicted molar refractivity (Wildman–Crippen MR) is 171 cm³/mol. The van der Waals surface area contributed by atoms with E-state index in [0.29, 0.717) is 37.9 Å². The molecule has 0 aliphatic carbocycles. The number of hydrogen-bond acceptors (Lipinski definition) is 17. The van der Waals surface area contributed by atoms with Crippen molar-refractivity contribution in [1.82, 2.24) is 26.1 Å². The third kappa shape index (κ3) is 15.3. The minimum atomic E-state index is -5.26. The van der Waals surface area contributed by atoms with Crippen molar-refractivity contribution < 1.29 is 77.3 Å². The zero-order chi connectivity index (χ0) is 38.8. The van der Waals surface area contributed by atoms with E-state index in [1.165, 1.54) is 12.5 Å². The van der Waals surface area contributed by atoms with Gasteiger partial charge in [-0.3, -0.25) is 29.0 Å². The number of cyclic esters (lactones) is 1. The normalized spacial score (nSPS) is 16.6. The molecule has 0 bridgehead atoms. The highest BCUT2D eigenvalue weighted by molar-refractivity contribution is 7.46. The summed E-state index contributed by atoms with van der Waals surface area (Å²) < 4.78 is 24.4. The molecule has 0 aromatic carbocycles. The Morgan fingerprint density at radius 3 is 2.13 bits per heavy atom. The van der Waals surface area contributed by atoms with Gasteiger partial charge >= 0.3 is 31.7 Å². The van der Waals surface area contributed by atoms with Gasteiger partial charge in [0.05, 0.1) is 19.2 Å². The Hall–Kier alpha value is -4.64. The third-order valence-electron chi connectivity index (χ3n) is 7.18. The molecule has 2 heterocycles. The molecule has 1 aromatic heterocycles. The Labute approximate surface area is 296 Å². The van der Waals surface area contributed by atoms with Crippen LogP contribution in [0.2, 0.25) is 0 Å². The van der Waals surface area contributed by atoms with Gasteiger partial charge in [0.2, 0.25) is 11.8 Å². The SMILES string of the molecule is NCCCCC(NC(=O)C(Cc1cnc[nH]1)NC(=O)C(CCCCN)NOC(=O)CCC(=O)OCC(O)C1OC(=O)C(OP(=O)(O)O)=C1O)C(=O)O. The van der Waals surface area contributed by atoms with Crippen LogP contribution >= 0.6 is 7.82 Å². The first kappa shape index (κ1) is 43.5. The first-order chi connectivity index (χ1) is 24.6. The summed E-state index contributed by atoms with van der Waals surface area (Å²) in [7, 11) is -5.26. The zero-order valence-electron chi connectivity index (χ0n) is 27.8. The molecular weight excluding hydrogens is 721 g/mol. The van der Waals surface area contributed by atoms with Crippen molar-refractivity contribution in [2.24, 2.45) is 11.5 Å². The Bertz CT molecular complexity index is 1450. The fourth-order valence-corrected chi connectivity index (χ4v) is 4.91. The molecule has 292 valence electrons. The number of hydroxylamine groups is 1. The molecule has 5 unspecified atom stereocenters. The van der Waals surface area contributed by atoms with Crippen LogP contribution in [0.4, 0.5) is 0 Å². The van der Waals surface area contributed by atoms with E-state index in [-0.39, 0.29) is 25.8 Å². The van der Waals surface area contributed by atoms with E-state index >= 15 is 0 Å². The van der Waals surface area contributed by atoms with E-state index in [1.807, 2.05) is 0 Å². The second-order valence-electron chi connectivity index (χ2n) is 11.3. The van der Waals surface area contributed by atoms with Crippen molar-refractivity contribution >= 4 is 43.5 Å². The number of H-pyrrole nitrogens is 1. The van der Waals surface area contributed by atoms with E-state index in [2.05, 4.69) is 35.3 Å². The summed E-state index contributed by atoms with van der Waals surface area (Å²) in [5.41, 5.74) is 13.8. The lowest BCUT2D eigenvalue weighted by Gasteiger charge is -2.24. The number of aliphatic hydroxyl groups excluding tert-OH is 2. The van der Waals surface area contributed by atoms with Gasteiger partial charge in [-0.05, 0) is 51.6 Å². The number of carbonyl (C=O) groups is 6. The number of esters is 2. The smallest absolute Gasteiger partial charge is 0.505 e. The number of hydrogen-bond donors (Lipinski definition) is 11. The predicted octanol–water partition coefficient (Wildman–Crippen LogP) is -2.83. The number of aliphatic hydroxyl groups is 2. The lowest BCUT2D eigenvalue weighted by molar-refractivity contribution is -0.160. The molecule has 2 amide bonds. The number of nitrogens with two attached hydrogens (primary N) is 2. The van der Waals surface area contributed by atoms with Gasteiger partial charge in [0.1, 0.15) is 30.8 Å². The third-order valence-corrected chi connectivity index (χ3v) is 7.60. The van der Waals surface area contributed by atoms with Gasteiger partial charge < -0.3 is 61.2 Å². The van der Waals surface area contributed by atoms with Crippen LogP contribution in [-0.4, -0.2) is 121 Å². The summed E-state index contributed by atoms with van der Waals surface area (Å²) >= 11 is 0. The number of amides is 2. The van der Waals surface area contributed by atoms with Crippen molar-refractivity contribution in [3.8, 4) is 0 Å². The van der Waals surface area contributed by atoms with Crippen molar-refractivity contribution in [2.75, 3.05) is 19.7 Å². The molecule has 24 heteroatoms. The Kier molecular flexibility index (Phi) is 18.1. The topological polar surface area (TPSA) is 374 Å². The first-order valence-corrected chi connectivity index (χ1v) is 17.5.